The summed E-state index contributed by atoms with van der Waals surface area (Å²) in [6, 6.07) is 9.90. The summed E-state index contributed by atoms with van der Waals surface area (Å²) >= 11 is 1.31. The summed E-state index contributed by atoms with van der Waals surface area (Å²) in [7, 11) is 1.80. The molecule has 0 aliphatic heterocycles. The van der Waals surface area contributed by atoms with Crippen LogP contribution in [0.5, 0.6) is 0 Å². The maximum absolute atomic E-state index is 12.2. The number of hydrogen-bond acceptors (Lipinski definition) is 5. The van der Waals surface area contributed by atoms with Crippen molar-refractivity contribution in [1.29, 1.82) is 0 Å². The monoisotopic (exact) mass is 319 g/mol. The Morgan fingerprint density at radius 3 is 2.73 bits per heavy atom. The van der Waals surface area contributed by atoms with E-state index in [2.05, 4.69) is 17.1 Å². The second-order valence-corrected chi connectivity index (χ2v) is 5.99. The molecule has 0 unspecified atom stereocenters. The molecule has 2 aromatic rings. The van der Waals surface area contributed by atoms with Crippen LogP contribution in [0.1, 0.15) is 24.7 Å². The summed E-state index contributed by atoms with van der Waals surface area (Å²) in [6.45, 7) is 2.65. The third kappa shape index (κ3) is 4.24. The molecule has 2 rings (SSSR count). The summed E-state index contributed by atoms with van der Waals surface area (Å²) in [5.41, 5.74) is 1.11. The number of amides is 1. The van der Waals surface area contributed by atoms with Gasteiger partial charge in [-0.1, -0.05) is 49.0 Å². The zero-order chi connectivity index (χ0) is 15.9. The Bertz CT molecular complexity index is 614. The van der Waals surface area contributed by atoms with Crippen LogP contribution in [0.4, 0.5) is 0 Å². The van der Waals surface area contributed by atoms with Gasteiger partial charge < -0.3 is 10.7 Å². The first-order valence-corrected chi connectivity index (χ1v) is 8.20. The molecule has 0 fully saturated rings. The molecule has 0 spiro atoms. The number of carbonyl (C=O) groups excluding carboxylic acids is 1. The predicted octanol–water partition coefficient (Wildman–Crippen LogP) is 1.70. The number of hydrogen-bond donors (Lipinski definition) is 1. The Morgan fingerprint density at radius 2 is 2.05 bits per heavy atom. The Kier molecular flexibility index (Phi) is 5.83. The van der Waals surface area contributed by atoms with E-state index in [-0.39, 0.29) is 5.91 Å². The molecular formula is C15H21N5OS. The van der Waals surface area contributed by atoms with Gasteiger partial charge in [-0.2, -0.15) is 0 Å². The lowest BCUT2D eigenvalue weighted by Crippen LogP contribution is -2.28. The van der Waals surface area contributed by atoms with E-state index >= 15 is 0 Å². The highest BCUT2D eigenvalue weighted by Gasteiger charge is 2.14. The quantitative estimate of drug-likeness (QED) is 0.621. The van der Waals surface area contributed by atoms with Gasteiger partial charge in [-0.25, -0.2) is 4.68 Å². The Labute approximate surface area is 134 Å². The minimum Gasteiger partial charge on any atom is -0.341 e. The fourth-order valence-corrected chi connectivity index (χ4v) is 2.80. The van der Waals surface area contributed by atoms with Gasteiger partial charge in [-0.15, -0.1) is 10.2 Å². The van der Waals surface area contributed by atoms with Crippen LogP contribution in [0.15, 0.2) is 35.5 Å². The van der Waals surface area contributed by atoms with Crippen LogP contribution < -0.4 is 5.84 Å². The SMILES string of the molecule is CCCc1nnc(SCC(=O)N(C)Cc2ccccc2)n1N. The number of benzene rings is 1. The molecule has 0 radical (unpaired) electrons. The molecule has 6 nitrogen and oxygen atoms in total. The molecule has 0 saturated carbocycles. The second kappa shape index (κ2) is 7.84. The highest BCUT2D eigenvalue weighted by atomic mass is 32.2. The van der Waals surface area contributed by atoms with Gasteiger partial charge in [0, 0.05) is 20.0 Å². The fourth-order valence-electron chi connectivity index (χ4n) is 1.98. The average Bonchev–Trinajstić information content (AvgIpc) is 2.87. The van der Waals surface area contributed by atoms with E-state index < -0.39 is 0 Å². The molecule has 1 heterocycles. The minimum atomic E-state index is 0.0360. The first-order chi connectivity index (χ1) is 10.6. The molecule has 0 atom stereocenters. The van der Waals surface area contributed by atoms with Crippen molar-refractivity contribution in [2.24, 2.45) is 0 Å². The number of nitrogens with two attached hydrogens (primary N) is 1. The standard InChI is InChI=1S/C15H21N5OS/c1-3-7-13-17-18-15(20(13)16)22-11-14(21)19(2)10-12-8-5-4-6-9-12/h4-6,8-9H,3,7,10-11,16H2,1-2H3. The molecular weight excluding hydrogens is 298 g/mol. The van der Waals surface area contributed by atoms with E-state index in [1.54, 1.807) is 11.9 Å². The normalized spacial score (nSPS) is 10.6. The number of aryl methyl sites for hydroxylation is 1. The molecule has 1 amide bonds. The van der Waals surface area contributed by atoms with Gasteiger partial charge in [-0.3, -0.25) is 4.79 Å². The highest BCUT2D eigenvalue weighted by molar-refractivity contribution is 7.99. The van der Waals surface area contributed by atoms with Gasteiger partial charge in [0.05, 0.1) is 5.75 Å². The predicted molar refractivity (Wildman–Crippen MR) is 87.8 cm³/mol. The van der Waals surface area contributed by atoms with Crippen molar-refractivity contribution in [1.82, 2.24) is 19.8 Å². The average molecular weight is 319 g/mol. The van der Waals surface area contributed by atoms with Crippen LogP contribution in [-0.4, -0.2) is 38.5 Å². The Morgan fingerprint density at radius 1 is 1.32 bits per heavy atom. The lowest BCUT2D eigenvalue weighted by atomic mass is 10.2. The van der Waals surface area contributed by atoms with Crippen molar-refractivity contribution in [3.05, 3.63) is 41.7 Å². The van der Waals surface area contributed by atoms with Gasteiger partial charge in [0.1, 0.15) is 0 Å². The van der Waals surface area contributed by atoms with Crippen LogP contribution in [0.25, 0.3) is 0 Å². The molecule has 0 aliphatic rings. The van der Waals surface area contributed by atoms with E-state index in [4.69, 9.17) is 5.84 Å². The molecule has 0 bridgehead atoms. The van der Waals surface area contributed by atoms with Gasteiger partial charge in [0.2, 0.25) is 11.1 Å². The lowest BCUT2D eigenvalue weighted by Gasteiger charge is -2.16. The van der Waals surface area contributed by atoms with Crippen molar-refractivity contribution in [2.45, 2.75) is 31.5 Å². The smallest absolute Gasteiger partial charge is 0.233 e. The first kappa shape index (κ1) is 16.4. The van der Waals surface area contributed by atoms with Crippen LogP contribution in [0.2, 0.25) is 0 Å². The number of carbonyl (C=O) groups is 1. The highest BCUT2D eigenvalue weighted by Crippen LogP contribution is 2.16. The summed E-state index contributed by atoms with van der Waals surface area (Å²) in [5.74, 6) is 7.00. The van der Waals surface area contributed by atoms with Crippen LogP contribution >= 0.6 is 11.8 Å². The summed E-state index contributed by atoms with van der Waals surface area (Å²) < 4.78 is 1.47. The van der Waals surface area contributed by atoms with E-state index in [0.717, 1.165) is 24.2 Å². The maximum atomic E-state index is 12.2. The zero-order valence-corrected chi connectivity index (χ0v) is 13.7. The van der Waals surface area contributed by atoms with Crippen LogP contribution in [-0.2, 0) is 17.8 Å². The van der Waals surface area contributed by atoms with Crippen molar-refractivity contribution < 1.29 is 4.79 Å². The number of thioether (sulfide) groups is 1. The number of nitrogens with zero attached hydrogens (tertiary/aromatic N) is 4. The van der Waals surface area contributed by atoms with E-state index in [1.165, 1.54) is 16.4 Å². The summed E-state index contributed by atoms with van der Waals surface area (Å²) in [4.78, 5) is 13.9. The van der Waals surface area contributed by atoms with E-state index in [0.29, 0.717) is 17.5 Å². The molecule has 1 aromatic carbocycles. The number of rotatable bonds is 7. The van der Waals surface area contributed by atoms with Crippen LogP contribution in [0.3, 0.4) is 0 Å². The molecule has 0 aliphatic carbocycles. The Balaban J connectivity index is 1.87. The third-order valence-corrected chi connectivity index (χ3v) is 4.15. The second-order valence-electron chi connectivity index (χ2n) is 5.04. The van der Waals surface area contributed by atoms with Crippen molar-refractivity contribution >= 4 is 17.7 Å². The summed E-state index contributed by atoms with van der Waals surface area (Å²) in [6.07, 6.45) is 1.74. The van der Waals surface area contributed by atoms with Gasteiger partial charge in [0.15, 0.2) is 5.82 Å². The molecule has 0 saturated heterocycles. The van der Waals surface area contributed by atoms with Crippen molar-refractivity contribution in [3.63, 3.8) is 0 Å². The molecule has 1 aromatic heterocycles. The zero-order valence-electron chi connectivity index (χ0n) is 12.9. The van der Waals surface area contributed by atoms with Gasteiger partial charge in [-0.05, 0) is 12.0 Å². The molecule has 118 valence electrons. The third-order valence-electron chi connectivity index (χ3n) is 3.22. The Hall–Kier alpha value is -2.02. The largest absolute Gasteiger partial charge is 0.341 e. The van der Waals surface area contributed by atoms with Crippen LogP contribution in [0, 0.1) is 0 Å². The minimum absolute atomic E-state index is 0.0360. The number of nitrogen functional groups attached to an aromatic ring is 1. The molecule has 7 heteroatoms. The molecule has 2 N–H and O–H groups in total. The summed E-state index contributed by atoms with van der Waals surface area (Å²) in [5, 5.41) is 8.64. The fraction of sp³-hybridized carbons (Fsp3) is 0.400. The maximum Gasteiger partial charge on any atom is 0.233 e. The van der Waals surface area contributed by atoms with Crippen molar-refractivity contribution in [2.75, 3.05) is 18.6 Å². The van der Waals surface area contributed by atoms with E-state index in [1.807, 2.05) is 30.3 Å². The van der Waals surface area contributed by atoms with Gasteiger partial charge in [0.25, 0.3) is 0 Å². The van der Waals surface area contributed by atoms with E-state index in [9.17, 15) is 4.79 Å². The topological polar surface area (TPSA) is 77.0 Å². The first-order valence-electron chi connectivity index (χ1n) is 7.22. The molecule has 22 heavy (non-hydrogen) atoms. The van der Waals surface area contributed by atoms with Gasteiger partial charge >= 0.3 is 0 Å². The van der Waals surface area contributed by atoms with Crippen molar-refractivity contribution in [3.8, 4) is 0 Å². The lowest BCUT2D eigenvalue weighted by molar-refractivity contribution is -0.127. The number of aromatic nitrogens is 3.